The van der Waals surface area contributed by atoms with Gasteiger partial charge in [0.25, 0.3) is 0 Å². The Balaban J connectivity index is 1.55. The third-order valence-electron chi connectivity index (χ3n) is 5.00. The number of hydrogen-bond donors (Lipinski definition) is 0. The molecule has 0 bridgehead atoms. The molecule has 3 heteroatoms. The van der Waals surface area contributed by atoms with Crippen LogP contribution < -0.4 is 0 Å². The molecule has 1 aromatic heterocycles. The van der Waals surface area contributed by atoms with Gasteiger partial charge in [-0.1, -0.05) is 6.42 Å². The van der Waals surface area contributed by atoms with E-state index in [1.807, 2.05) is 6.92 Å². The third-order valence-corrected chi connectivity index (χ3v) is 5.00. The van der Waals surface area contributed by atoms with Crippen LogP contribution in [0.4, 0.5) is 0 Å². The van der Waals surface area contributed by atoms with Gasteiger partial charge in [-0.25, -0.2) is 0 Å². The molecule has 0 radical (unpaired) electrons. The largest absolute Gasteiger partial charge is 0.465 e. The van der Waals surface area contributed by atoms with E-state index in [-0.39, 0.29) is 0 Å². The summed E-state index contributed by atoms with van der Waals surface area (Å²) in [5.41, 5.74) is 0. The fraction of sp³-hybridized carbons (Fsp3) is 0.765. The molecule has 20 heavy (non-hydrogen) atoms. The zero-order valence-corrected chi connectivity index (χ0v) is 13.0. The summed E-state index contributed by atoms with van der Waals surface area (Å²) in [5, 5.41) is 0. The molecule has 2 fully saturated rings. The van der Waals surface area contributed by atoms with Gasteiger partial charge in [0.1, 0.15) is 11.5 Å². The minimum Gasteiger partial charge on any atom is -0.465 e. The Labute approximate surface area is 122 Å². The lowest BCUT2D eigenvalue weighted by Gasteiger charge is -2.45. The van der Waals surface area contributed by atoms with Gasteiger partial charge in [0.15, 0.2) is 0 Å². The topological polar surface area (TPSA) is 19.6 Å². The molecular formula is C17H28N2O. The number of piperidine rings is 2. The molecule has 0 amide bonds. The first kappa shape index (κ1) is 14.2. The SMILES string of the molecule is Cc1ccc(CN(C)C[C@@H]2CCCN3CCCC[C@H]23)o1. The van der Waals surface area contributed by atoms with Crippen molar-refractivity contribution in [3.05, 3.63) is 23.7 Å². The predicted octanol–water partition coefficient (Wildman–Crippen LogP) is 3.28. The van der Waals surface area contributed by atoms with Gasteiger partial charge in [0.2, 0.25) is 0 Å². The quantitative estimate of drug-likeness (QED) is 0.841. The maximum atomic E-state index is 5.70. The first-order valence-electron chi connectivity index (χ1n) is 8.20. The minimum atomic E-state index is 0.846. The third kappa shape index (κ3) is 3.26. The molecule has 2 aliphatic rings. The van der Waals surface area contributed by atoms with E-state index in [1.54, 1.807) is 0 Å². The van der Waals surface area contributed by atoms with Gasteiger partial charge in [-0.15, -0.1) is 0 Å². The normalized spacial score (nSPS) is 27.8. The van der Waals surface area contributed by atoms with E-state index >= 15 is 0 Å². The molecule has 3 nitrogen and oxygen atoms in total. The van der Waals surface area contributed by atoms with Crippen LogP contribution in [0.2, 0.25) is 0 Å². The molecular weight excluding hydrogens is 248 g/mol. The van der Waals surface area contributed by atoms with E-state index in [1.165, 1.54) is 51.7 Å². The summed E-state index contributed by atoms with van der Waals surface area (Å²) in [6.07, 6.45) is 7.04. The highest BCUT2D eigenvalue weighted by molar-refractivity contribution is 5.05. The predicted molar refractivity (Wildman–Crippen MR) is 81.7 cm³/mol. The van der Waals surface area contributed by atoms with Crippen LogP contribution in [0.5, 0.6) is 0 Å². The molecule has 2 saturated heterocycles. The molecule has 0 aromatic carbocycles. The average molecular weight is 276 g/mol. The van der Waals surface area contributed by atoms with Crippen molar-refractivity contribution >= 4 is 0 Å². The number of furan rings is 1. The van der Waals surface area contributed by atoms with Crippen molar-refractivity contribution in [3.63, 3.8) is 0 Å². The number of nitrogens with zero attached hydrogens (tertiary/aromatic N) is 2. The van der Waals surface area contributed by atoms with E-state index in [0.717, 1.165) is 30.0 Å². The molecule has 112 valence electrons. The van der Waals surface area contributed by atoms with Crippen LogP contribution in [-0.2, 0) is 6.54 Å². The van der Waals surface area contributed by atoms with Gasteiger partial charge in [-0.2, -0.15) is 0 Å². The molecule has 2 aliphatic heterocycles. The van der Waals surface area contributed by atoms with Crippen molar-refractivity contribution in [1.82, 2.24) is 9.80 Å². The molecule has 0 unspecified atom stereocenters. The lowest BCUT2D eigenvalue weighted by Crippen LogP contribution is -2.50. The smallest absolute Gasteiger partial charge is 0.118 e. The van der Waals surface area contributed by atoms with E-state index in [2.05, 4.69) is 29.0 Å². The monoisotopic (exact) mass is 276 g/mol. The zero-order chi connectivity index (χ0) is 13.9. The second kappa shape index (κ2) is 6.31. The molecule has 2 atom stereocenters. The molecule has 3 rings (SSSR count). The Kier molecular flexibility index (Phi) is 4.47. The van der Waals surface area contributed by atoms with Crippen molar-refractivity contribution in [3.8, 4) is 0 Å². The van der Waals surface area contributed by atoms with Crippen LogP contribution in [0.3, 0.4) is 0 Å². The number of aryl methyl sites for hydroxylation is 1. The van der Waals surface area contributed by atoms with Gasteiger partial charge < -0.3 is 9.32 Å². The standard InChI is InChI=1S/C17H28N2O/c1-14-8-9-16(20-14)13-18(2)12-15-6-5-11-19-10-4-3-7-17(15)19/h8-9,15,17H,3-7,10-13H2,1-2H3/t15-,17+/m0/s1. The summed E-state index contributed by atoms with van der Waals surface area (Å²) in [7, 11) is 2.24. The maximum absolute atomic E-state index is 5.70. The Morgan fingerprint density at radius 1 is 1.20 bits per heavy atom. The highest BCUT2D eigenvalue weighted by atomic mass is 16.3. The summed E-state index contributed by atoms with van der Waals surface area (Å²) in [4.78, 5) is 5.20. The lowest BCUT2D eigenvalue weighted by molar-refractivity contribution is 0.0425. The molecule has 0 N–H and O–H groups in total. The number of hydrogen-bond acceptors (Lipinski definition) is 3. The number of fused-ring (bicyclic) bond motifs is 1. The van der Waals surface area contributed by atoms with E-state index < -0.39 is 0 Å². The average Bonchev–Trinajstić information content (AvgIpc) is 2.84. The van der Waals surface area contributed by atoms with Gasteiger partial charge in [0, 0.05) is 12.6 Å². The highest BCUT2D eigenvalue weighted by Crippen LogP contribution is 2.31. The second-order valence-electron chi connectivity index (χ2n) is 6.71. The van der Waals surface area contributed by atoms with Crippen LogP contribution in [0.25, 0.3) is 0 Å². The summed E-state index contributed by atoms with van der Waals surface area (Å²) in [6, 6.07) is 5.02. The van der Waals surface area contributed by atoms with Crippen LogP contribution >= 0.6 is 0 Å². The van der Waals surface area contributed by atoms with Gasteiger partial charge in [-0.3, -0.25) is 4.90 Å². The molecule has 0 spiro atoms. The second-order valence-corrected chi connectivity index (χ2v) is 6.71. The fourth-order valence-electron chi connectivity index (χ4n) is 4.09. The highest BCUT2D eigenvalue weighted by Gasteiger charge is 2.33. The van der Waals surface area contributed by atoms with E-state index in [4.69, 9.17) is 4.42 Å². The fourth-order valence-corrected chi connectivity index (χ4v) is 4.09. The molecule has 0 aliphatic carbocycles. The van der Waals surface area contributed by atoms with Crippen molar-refractivity contribution in [2.45, 2.75) is 51.6 Å². The summed E-state index contributed by atoms with van der Waals surface area (Å²) in [6.45, 7) is 6.84. The van der Waals surface area contributed by atoms with Crippen molar-refractivity contribution in [2.75, 3.05) is 26.7 Å². The number of rotatable bonds is 4. The first-order valence-corrected chi connectivity index (χ1v) is 8.20. The Bertz CT molecular complexity index is 426. The van der Waals surface area contributed by atoms with Gasteiger partial charge in [-0.05, 0) is 70.8 Å². The van der Waals surface area contributed by atoms with Crippen molar-refractivity contribution < 1.29 is 4.42 Å². The zero-order valence-electron chi connectivity index (χ0n) is 13.0. The van der Waals surface area contributed by atoms with E-state index in [0.29, 0.717) is 0 Å². The molecule has 0 saturated carbocycles. The maximum Gasteiger partial charge on any atom is 0.118 e. The summed E-state index contributed by atoms with van der Waals surface area (Å²) in [5.74, 6) is 2.97. The molecule has 3 heterocycles. The first-order chi connectivity index (χ1) is 9.72. The Morgan fingerprint density at radius 2 is 2.05 bits per heavy atom. The Morgan fingerprint density at radius 3 is 2.85 bits per heavy atom. The van der Waals surface area contributed by atoms with Crippen LogP contribution in [-0.4, -0.2) is 42.5 Å². The lowest BCUT2D eigenvalue weighted by atomic mass is 9.83. The van der Waals surface area contributed by atoms with Crippen molar-refractivity contribution in [1.29, 1.82) is 0 Å². The van der Waals surface area contributed by atoms with Gasteiger partial charge >= 0.3 is 0 Å². The molecule has 1 aromatic rings. The summed E-state index contributed by atoms with van der Waals surface area (Å²) >= 11 is 0. The Hall–Kier alpha value is -0.800. The van der Waals surface area contributed by atoms with Crippen LogP contribution in [0, 0.1) is 12.8 Å². The van der Waals surface area contributed by atoms with E-state index in [9.17, 15) is 0 Å². The summed E-state index contributed by atoms with van der Waals surface area (Å²) < 4.78 is 5.70. The van der Waals surface area contributed by atoms with Gasteiger partial charge in [0.05, 0.1) is 6.54 Å². The van der Waals surface area contributed by atoms with Crippen molar-refractivity contribution in [2.24, 2.45) is 5.92 Å². The van der Waals surface area contributed by atoms with Crippen LogP contribution in [0.1, 0.15) is 43.6 Å². The minimum absolute atomic E-state index is 0.846. The van der Waals surface area contributed by atoms with Crippen LogP contribution in [0.15, 0.2) is 16.5 Å².